The second-order valence-corrected chi connectivity index (χ2v) is 6.37. The van der Waals surface area contributed by atoms with E-state index in [-0.39, 0.29) is 29.4 Å². The van der Waals surface area contributed by atoms with E-state index in [2.05, 4.69) is 4.74 Å². The van der Waals surface area contributed by atoms with Crippen molar-refractivity contribution in [1.82, 2.24) is 0 Å². The van der Waals surface area contributed by atoms with Gasteiger partial charge in [-0.05, 0) is 43.4 Å². The van der Waals surface area contributed by atoms with Crippen LogP contribution in [0.3, 0.4) is 0 Å². The van der Waals surface area contributed by atoms with Gasteiger partial charge in [0.1, 0.15) is 11.3 Å². The van der Waals surface area contributed by atoms with Crippen LogP contribution in [0, 0.1) is 6.92 Å². The summed E-state index contributed by atoms with van der Waals surface area (Å²) in [5, 5.41) is 11.2. The summed E-state index contributed by atoms with van der Waals surface area (Å²) in [6.07, 6.45) is -0.0899. The van der Waals surface area contributed by atoms with Crippen LogP contribution >= 0.6 is 0 Å². The van der Waals surface area contributed by atoms with Crippen LogP contribution in [-0.2, 0) is 14.3 Å². The predicted octanol–water partition coefficient (Wildman–Crippen LogP) is 3.03. The number of aromatic hydroxyl groups is 1. The number of benzene rings is 1. The number of fused-ring (bicyclic) bond motifs is 1. The van der Waals surface area contributed by atoms with Gasteiger partial charge in [-0.25, -0.2) is 9.59 Å². The van der Waals surface area contributed by atoms with Gasteiger partial charge in [0.2, 0.25) is 5.78 Å². The fourth-order valence-corrected chi connectivity index (χ4v) is 2.83. The first kappa shape index (κ1) is 20.4. The highest BCUT2D eigenvalue weighted by Gasteiger charge is 2.27. The maximum atomic E-state index is 12.7. The summed E-state index contributed by atoms with van der Waals surface area (Å²) in [6, 6.07) is 2.97. The average Bonchev–Trinajstić information content (AvgIpc) is 2.60. The number of hydrogen-bond acceptors (Lipinski definition) is 7. The lowest BCUT2D eigenvalue weighted by atomic mass is 9.90. The molecule has 2 aromatic rings. The minimum absolute atomic E-state index is 0.00448. The van der Waals surface area contributed by atoms with Gasteiger partial charge in [0, 0.05) is 11.5 Å². The molecule has 1 N–H and O–H groups in total. The van der Waals surface area contributed by atoms with Gasteiger partial charge in [-0.3, -0.25) is 9.59 Å². The van der Waals surface area contributed by atoms with E-state index in [1.54, 1.807) is 19.9 Å². The Hall–Kier alpha value is -2.96. The van der Waals surface area contributed by atoms with E-state index >= 15 is 0 Å². The van der Waals surface area contributed by atoms with Gasteiger partial charge >= 0.3 is 11.6 Å². The number of ether oxygens (including phenoxy) is 1. The predicted molar refractivity (Wildman–Crippen MR) is 98.2 cm³/mol. The molecule has 0 bridgehead atoms. The smallest absolute Gasteiger partial charge is 0.375 e. The van der Waals surface area contributed by atoms with Crippen molar-refractivity contribution in [2.24, 2.45) is 0 Å². The molecule has 1 atom stereocenters. The minimum atomic E-state index is -1.12. The molecular formula is C20H22O7. The van der Waals surface area contributed by atoms with E-state index in [1.165, 1.54) is 6.07 Å². The summed E-state index contributed by atoms with van der Waals surface area (Å²) < 4.78 is 9.77. The third-order valence-corrected chi connectivity index (χ3v) is 4.49. The number of ketones is 2. The Balaban J connectivity index is 2.67. The zero-order valence-electron chi connectivity index (χ0n) is 15.8. The quantitative estimate of drug-likeness (QED) is 0.261. The minimum Gasteiger partial charge on any atom is -0.507 e. The van der Waals surface area contributed by atoms with E-state index in [9.17, 15) is 24.3 Å². The number of rotatable bonds is 7. The molecule has 7 nitrogen and oxygen atoms in total. The Labute approximate surface area is 155 Å². The first-order chi connectivity index (χ1) is 12.7. The maximum absolute atomic E-state index is 12.7. The molecule has 7 heteroatoms. The summed E-state index contributed by atoms with van der Waals surface area (Å²) in [5.41, 5.74) is 0.0550. The lowest BCUT2D eigenvalue weighted by molar-refractivity contribution is -0.153. The van der Waals surface area contributed by atoms with Crippen LogP contribution in [0.25, 0.3) is 11.0 Å². The van der Waals surface area contributed by atoms with Crippen molar-refractivity contribution in [2.45, 2.75) is 46.5 Å². The van der Waals surface area contributed by atoms with E-state index in [0.29, 0.717) is 22.9 Å². The molecule has 27 heavy (non-hydrogen) atoms. The monoisotopic (exact) mass is 374 g/mol. The fourth-order valence-electron chi connectivity index (χ4n) is 2.83. The maximum Gasteiger partial charge on any atom is 0.375 e. The molecule has 0 amide bonds. The molecule has 0 saturated carbocycles. The Morgan fingerprint density at radius 2 is 1.89 bits per heavy atom. The normalized spacial score (nSPS) is 12.0. The van der Waals surface area contributed by atoms with Crippen LogP contribution in [0.1, 0.15) is 61.0 Å². The largest absolute Gasteiger partial charge is 0.507 e. The number of esters is 1. The van der Waals surface area contributed by atoms with Crippen molar-refractivity contribution in [3.05, 3.63) is 39.2 Å². The Morgan fingerprint density at radius 3 is 2.48 bits per heavy atom. The van der Waals surface area contributed by atoms with E-state index in [1.807, 2.05) is 13.8 Å². The highest BCUT2D eigenvalue weighted by atomic mass is 16.5. The lowest BCUT2D eigenvalue weighted by Crippen LogP contribution is -2.21. The van der Waals surface area contributed by atoms with Crippen molar-refractivity contribution in [3.8, 4) is 5.75 Å². The number of phenols is 1. The molecule has 0 spiro atoms. The molecule has 1 heterocycles. The van der Waals surface area contributed by atoms with Crippen LogP contribution in [0.5, 0.6) is 5.75 Å². The zero-order valence-corrected chi connectivity index (χ0v) is 15.8. The van der Waals surface area contributed by atoms with Gasteiger partial charge in [0.05, 0.1) is 13.0 Å². The topological polar surface area (TPSA) is 111 Å². The van der Waals surface area contributed by atoms with Crippen LogP contribution in [0.2, 0.25) is 0 Å². The molecule has 0 aliphatic carbocycles. The van der Waals surface area contributed by atoms with Crippen LogP contribution in [-0.4, -0.2) is 29.2 Å². The molecule has 2 rings (SSSR count). The van der Waals surface area contributed by atoms with E-state index in [4.69, 9.17) is 4.42 Å². The number of hydrogen-bond donors (Lipinski definition) is 1. The van der Waals surface area contributed by atoms with Crippen LogP contribution < -0.4 is 5.63 Å². The highest BCUT2D eigenvalue weighted by Crippen LogP contribution is 2.37. The number of phenolic OH excluding ortho intramolecular Hbond substituents is 1. The summed E-state index contributed by atoms with van der Waals surface area (Å²) >= 11 is 0. The van der Waals surface area contributed by atoms with Crippen molar-refractivity contribution in [3.63, 3.8) is 0 Å². The standard InChI is InChI=1S/C20H22O7/c1-5-10(3)12-8-13-11(4)7-16(23)27-19(13)17(18(12)24)14(21)9-15(22)20(25)26-6-2/h7-8,10,24H,5-6,9H2,1-4H3. The Morgan fingerprint density at radius 1 is 1.22 bits per heavy atom. The highest BCUT2D eigenvalue weighted by molar-refractivity contribution is 6.38. The first-order valence-corrected chi connectivity index (χ1v) is 8.74. The molecule has 1 aromatic heterocycles. The summed E-state index contributed by atoms with van der Waals surface area (Å²) in [4.78, 5) is 47.9. The molecule has 0 saturated heterocycles. The van der Waals surface area contributed by atoms with Crippen LogP contribution in [0.4, 0.5) is 0 Å². The van der Waals surface area contributed by atoms with Gasteiger partial charge < -0.3 is 14.3 Å². The van der Waals surface area contributed by atoms with Crippen molar-refractivity contribution in [1.29, 1.82) is 0 Å². The van der Waals surface area contributed by atoms with Crippen molar-refractivity contribution in [2.75, 3.05) is 6.61 Å². The number of carbonyl (C=O) groups excluding carboxylic acids is 3. The van der Waals surface area contributed by atoms with Crippen molar-refractivity contribution >= 4 is 28.5 Å². The number of Topliss-reactive ketones (excluding diaryl/α,β-unsaturated/α-hetero) is 2. The molecule has 1 unspecified atom stereocenters. The van der Waals surface area contributed by atoms with Crippen molar-refractivity contribution < 1.29 is 28.6 Å². The third-order valence-electron chi connectivity index (χ3n) is 4.49. The third kappa shape index (κ3) is 4.07. The Bertz CT molecular complexity index is 968. The van der Waals surface area contributed by atoms with E-state index < -0.39 is 29.6 Å². The summed E-state index contributed by atoms with van der Waals surface area (Å²) in [5.74, 6) is -3.38. The summed E-state index contributed by atoms with van der Waals surface area (Å²) in [7, 11) is 0. The van der Waals surface area contributed by atoms with Gasteiger partial charge in [0.15, 0.2) is 11.4 Å². The first-order valence-electron chi connectivity index (χ1n) is 8.74. The van der Waals surface area contributed by atoms with Gasteiger partial charge in [-0.1, -0.05) is 13.8 Å². The average molecular weight is 374 g/mol. The second-order valence-electron chi connectivity index (χ2n) is 6.37. The number of aryl methyl sites for hydroxylation is 1. The molecule has 144 valence electrons. The molecular weight excluding hydrogens is 352 g/mol. The van der Waals surface area contributed by atoms with Gasteiger partial charge in [-0.15, -0.1) is 0 Å². The molecule has 0 aliphatic heterocycles. The molecule has 0 radical (unpaired) electrons. The SMILES string of the molecule is CCOC(=O)C(=O)CC(=O)c1c(O)c(C(C)CC)cc2c(C)cc(=O)oc12. The van der Waals surface area contributed by atoms with Gasteiger partial charge in [0.25, 0.3) is 0 Å². The van der Waals surface area contributed by atoms with Gasteiger partial charge in [-0.2, -0.15) is 0 Å². The van der Waals surface area contributed by atoms with Crippen LogP contribution in [0.15, 0.2) is 21.3 Å². The fraction of sp³-hybridized carbons (Fsp3) is 0.400. The zero-order chi connectivity index (χ0) is 20.3. The molecule has 0 fully saturated rings. The second kappa shape index (κ2) is 8.16. The summed E-state index contributed by atoms with van der Waals surface area (Å²) in [6.45, 7) is 7.05. The Kier molecular flexibility index (Phi) is 6.15. The van der Waals surface area contributed by atoms with E-state index in [0.717, 1.165) is 0 Å². The molecule has 0 aliphatic rings. The lowest BCUT2D eigenvalue weighted by Gasteiger charge is -2.16. The number of carbonyl (C=O) groups is 3. The molecule has 1 aromatic carbocycles.